The summed E-state index contributed by atoms with van der Waals surface area (Å²) in [5.74, 6) is -0.222. The Balaban J connectivity index is 1.97. The van der Waals surface area contributed by atoms with Gasteiger partial charge in [-0.05, 0) is 52.7 Å². The maximum absolute atomic E-state index is 13.5. The van der Waals surface area contributed by atoms with Gasteiger partial charge in [-0.1, -0.05) is 6.07 Å². The quantitative estimate of drug-likeness (QED) is 0.919. The zero-order valence-electron chi connectivity index (χ0n) is 13.8. The van der Waals surface area contributed by atoms with Crippen molar-refractivity contribution in [1.82, 2.24) is 4.90 Å². The first-order valence-electron chi connectivity index (χ1n) is 7.76. The fourth-order valence-electron chi connectivity index (χ4n) is 2.64. The Bertz CT molecular complexity index is 540. The van der Waals surface area contributed by atoms with Crippen molar-refractivity contribution >= 4 is 11.8 Å². The third-order valence-corrected chi connectivity index (χ3v) is 3.80. The summed E-state index contributed by atoms with van der Waals surface area (Å²) in [6.07, 6.45) is 1.63. The first-order valence-corrected chi connectivity index (χ1v) is 7.76. The van der Waals surface area contributed by atoms with Gasteiger partial charge in [0.05, 0.1) is 6.04 Å². The molecule has 0 saturated carbocycles. The molecule has 1 aliphatic heterocycles. The van der Waals surface area contributed by atoms with Crippen molar-refractivity contribution in [3.63, 3.8) is 0 Å². The van der Waals surface area contributed by atoms with E-state index in [4.69, 9.17) is 4.74 Å². The maximum Gasteiger partial charge on any atom is 0.410 e. The summed E-state index contributed by atoms with van der Waals surface area (Å²) in [7, 11) is 0. The number of nitrogens with zero attached hydrogens (tertiary/aromatic N) is 1. The smallest absolute Gasteiger partial charge is 0.410 e. The number of nitrogens with one attached hydrogen (secondary N) is 1. The minimum atomic E-state index is -0.489. The van der Waals surface area contributed by atoms with Crippen molar-refractivity contribution in [1.29, 1.82) is 0 Å². The standard InChI is InChI=1S/C17H25FN2O2/c1-12-14(18)8-5-9-15(12)19-11-13-7-6-10-20(13)16(21)22-17(2,3)4/h5,8-9,13,19H,6-7,10-11H2,1-4H3. The zero-order valence-corrected chi connectivity index (χ0v) is 13.8. The summed E-state index contributed by atoms with van der Waals surface area (Å²) in [5, 5.41) is 3.25. The van der Waals surface area contributed by atoms with Crippen molar-refractivity contribution in [3.05, 3.63) is 29.6 Å². The van der Waals surface area contributed by atoms with Crippen LogP contribution in [0.2, 0.25) is 0 Å². The van der Waals surface area contributed by atoms with Gasteiger partial charge in [-0.3, -0.25) is 0 Å². The number of carbonyl (C=O) groups excluding carboxylic acids is 1. The van der Waals surface area contributed by atoms with Gasteiger partial charge in [-0.15, -0.1) is 0 Å². The van der Waals surface area contributed by atoms with Gasteiger partial charge in [0.1, 0.15) is 11.4 Å². The lowest BCUT2D eigenvalue weighted by Crippen LogP contribution is -2.42. The Morgan fingerprint density at radius 2 is 2.18 bits per heavy atom. The third kappa shape index (κ3) is 4.12. The minimum Gasteiger partial charge on any atom is -0.444 e. The first kappa shape index (κ1) is 16.6. The highest BCUT2D eigenvalue weighted by Crippen LogP contribution is 2.23. The second-order valence-corrected chi connectivity index (χ2v) is 6.76. The molecular formula is C17H25FN2O2. The van der Waals surface area contributed by atoms with E-state index in [1.54, 1.807) is 17.9 Å². The van der Waals surface area contributed by atoms with E-state index in [-0.39, 0.29) is 18.0 Å². The number of halogens is 1. The molecule has 0 spiro atoms. The first-order chi connectivity index (χ1) is 10.3. The average Bonchev–Trinajstić information content (AvgIpc) is 2.87. The summed E-state index contributed by atoms with van der Waals surface area (Å²) < 4.78 is 19.0. The van der Waals surface area contributed by atoms with Gasteiger partial charge in [0.25, 0.3) is 0 Å². The molecule has 1 fully saturated rings. The molecule has 1 unspecified atom stereocenters. The van der Waals surface area contributed by atoms with Gasteiger partial charge < -0.3 is 15.0 Å². The lowest BCUT2D eigenvalue weighted by Gasteiger charge is -2.29. The highest BCUT2D eigenvalue weighted by Gasteiger charge is 2.31. The van der Waals surface area contributed by atoms with E-state index in [2.05, 4.69) is 5.32 Å². The van der Waals surface area contributed by atoms with Crippen LogP contribution in [0.4, 0.5) is 14.9 Å². The molecule has 1 heterocycles. The largest absolute Gasteiger partial charge is 0.444 e. The van der Waals surface area contributed by atoms with E-state index in [0.717, 1.165) is 18.5 Å². The molecule has 0 aliphatic carbocycles. The third-order valence-electron chi connectivity index (χ3n) is 3.80. The Morgan fingerprint density at radius 3 is 2.86 bits per heavy atom. The van der Waals surface area contributed by atoms with Crippen LogP contribution in [0.25, 0.3) is 0 Å². The summed E-state index contributed by atoms with van der Waals surface area (Å²) >= 11 is 0. The number of benzene rings is 1. The van der Waals surface area contributed by atoms with E-state index in [1.807, 2.05) is 26.8 Å². The van der Waals surface area contributed by atoms with E-state index in [0.29, 0.717) is 18.7 Å². The van der Waals surface area contributed by atoms with Crippen LogP contribution in [0, 0.1) is 12.7 Å². The topological polar surface area (TPSA) is 41.6 Å². The number of carbonyl (C=O) groups is 1. The number of likely N-dealkylation sites (tertiary alicyclic amines) is 1. The van der Waals surface area contributed by atoms with Crippen molar-refractivity contribution in [3.8, 4) is 0 Å². The van der Waals surface area contributed by atoms with Crippen LogP contribution in [0.1, 0.15) is 39.2 Å². The second-order valence-electron chi connectivity index (χ2n) is 6.76. The molecule has 1 aromatic rings. The molecule has 1 atom stereocenters. The summed E-state index contributed by atoms with van der Waals surface area (Å²) in [4.78, 5) is 14.0. The van der Waals surface area contributed by atoms with Gasteiger partial charge in [0, 0.05) is 24.3 Å². The summed E-state index contributed by atoms with van der Waals surface area (Å²) in [6.45, 7) is 8.66. The Labute approximate surface area is 131 Å². The van der Waals surface area contributed by atoms with Gasteiger partial charge in [-0.25, -0.2) is 9.18 Å². The predicted molar refractivity (Wildman–Crippen MR) is 85.6 cm³/mol. The van der Waals surface area contributed by atoms with Crippen LogP contribution in [0.3, 0.4) is 0 Å². The molecule has 4 nitrogen and oxygen atoms in total. The van der Waals surface area contributed by atoms with Crippen LogP contribution in [0.5, 0.6) is 0 Å². The molecule has 0 radical (unpaired) electrons. The molecule has 1 aliphatic rings. The van der Waals surface area contributed by atoms with Crippen molar-refractivity contribution < 1.29 is 13.9 Å². The maximum atomic E-state index is 13.5. The minimum absolute atomic E-state index is 0.0810. The Kier molecular flexibility index (Phi) is 4.94. The number of hydrogen-bond acceptors (Lipinski definition) is 3. The van der Waals surface area contributed by atoms with Crippen molar-refractivity contribution in [2.75, 3.05) is 18.4 Å². The number of anilines is 1. The number of rotatable bonds is 3. The molecule has 22 heavy (non-hydrogen) atoms. The monoisotopic (exact) mass is 308 g/mol. The molecular weight excluding hydrogens is 283 g/mol. The SMILES string of the molecule is Cc1c(F)cccc1NCC1CCCN1C(=O)OC(C)(C)C. The normalized spacial score (nSPS) is 18.4. The van der Waals surface area contributed by atoms with E-state index in [9.17, 15) is 9.18 Å². The molecule has 122 valence electrons. The number of amides is 1. The second kappa shape index (κ2) is 6.55. The highest BCUT2D eigenvalue weighted by molar-refractivity contribution is 5.69. The predicted octanol–water partition coefficient (Wildman–Crippen LogP) is 3.95. The van der Waals surface area contributed by atoms with Gasteiger partial charge in [-0.2, -0.15) is 0 Å². The number of ether oxygens (including phenoxy) is 1. The van der Waals surface area contributed by atoms with Crippen LogP contribution in [-0.2, 0) is 4.74 Å². The van der Waals surface area contributed by atoms with Gasteiger partial charge in [0.2, 0.25) is 0 Å². The van der Waals surface area contributed by atoms with E-state index in [1.165, 1.54) is 6.07 Å². The number of hydrogen-bond donors (Lipinski definition) is 1. The van der Waals surface area contributed by atoms with E-state index < -0.39 is 5.60 Å². The lowest BCUT2D eigenvalue weighted by molar-refractivity contribution is 0.0235. The van der Waals surface area contributed by atoms with Crippen LogP contribution in [-0.4, -0.2) is 35.7 Å². The lowest BCUT2D eigenvalue weighted by atomic mass is 10.1. The van der Waals surface area contributed by atoms with E-state index >= 15 is 0 Å². The highest BCUT2D eigenvalue weighted by atomic mass is 19.1. The summed E-state index contributed by atoms with van der Waals surface area (Å²) in [5.41, 5.74) is 0.886. The molecule has 2 rings (SSSR count). The fraction of sp³-hybridized carbons (Fsp3) is 0.588. The molecule has 1 N–H and O–H groups in total. The van der Waals surface area contributed by atoms with Gasteiger partial charge >= 0.3 is 6.09 Å². The molecule has 1 amide bonds. The average molecular weight is 308 g/mol. The molecule has 0 aromatic heterocycles. The Hall–Kier alpha value is -1.78. The molecule has 0 bridgehead atoms. The summed E-state index contributed by atoms with van der Waals surface area (Å²) in [6, 6.07) is 5.07. The molecule has 5 heteroatoms. The zero-order chi connectivity index (χ0) is 16.3. The Morgan fingerprint density at radius 1 is 1.45 bits per heavy atom. The molecule has 1 saturated heterocycles. The molecule has 1 aromatic carbocycles. The van der Waals surface area contributed by atoms with Gasteiger partial charge in [0.15, 0.2) is 0 Å². The van der Waals surface area contributed by atoms with Crippen LogP contribution in [0.15, 0.2) is 18.2 Å². The fourth-order valence-corrected chi connectivity index (χ4v) is 2.64. The van der Waals surface area contributed by atoms with Crippen molar-refractivity contribution in [2.24, 2.45) is 0 Å². The van der Waals surface area contributed by atoms with Crippen molar-refractivity contribution in [2.45, 2.75) is 52.2 Å². The van der Waals surface area contributed by atoms with Crippen LogP contribution < -0.4 is 5.32 Å². The van der Waals surface area contributed by atoms with Crippen LogP contribution >= 0.6 is 0 Å².